The van der Waals surface area contributed by atoms with E-state index in [0.29, 0.717) is 34.6 Å². The maximum Gasteiger partial charge on any atom is 0.166 e. The first-order chi connectivity index (χ1) is 18.0. The topological polar surface area (TPSA) is 9.23 Å². The van der Waals surface area contributed by atoms with Gasteiger partial charge in [-0.05, 0) is 66.3 Å². The van der Waals surface area contributed by atoms with E-state index in [1.54, 1.807) is 48.5 Å². The first-order valence-electron chi connectivity index (χ1n) is 13.7. The first kappa shape index (κ1) is 27.2. The number of ether oxygens (including phenoxy) is 1. The summed E-state index contributed by atoms with van der Waals surface area (Å²) in [6.07, 6.45) is 11.9. The molecule has 0 bridgehead atoms. The van der Waals surface area contributed by atoms with Crippen LogP contribution in [0.25, 0.3) is 22.3 Å². The quantitative estimate of drug-likeness (QED) is 0.196. The van der Waals surface area contributed by atoms with Gasteiger partial charge in [0.15, 0.2) is 11.6 Å². The van der Waals surface area contributed by atoms with Crippen molar-refractivity contribution < 1.29 is 17.9 Å². The Bertz CT molecular complexity index is 1190. The van der Waals surface area contributed by atoms with Crippen LogP contribution in [0.1, 0.15) is 76.0 Å². The highest BCUT2D eigenvalue weighted by Gasteiger charge is 2.23. The summed E-state index contributed by atoms with van der Waals surface area (Å²) in [5.41, 5.74) is 3.13. The van der Waals surface area contributed by atoms with Crippen molar-refractivity contribution in [1.82, 2.24) is 0 Å². The molecule has 0 amide bonds. The van der Waals surface area contributed by atoms with Crippen molar-refractivity contribution in [2.24, 2.45) is 5.92 Å². The van der Waals surface area contributed by atoms with Crippen LogP contribution >= 0.6 is 0 Å². The third kappa shape index (κ3) is 6.73. The van der Waals surface area contributed by atoms with Crippen molar-refractivity contribution in [3.8, 4) is 22.3 Å². The molecule has 3 aromatic carbocycles. The van der Waals surface area contributed by atoms with Gasteiger partial charge in [0.2, 0.25) is 0 Å². The number of hydrogen-bond acceptors (Lipinski definition) is 1. The van der Waals surface area contributed by atoms with Crippen LogP contribution in [0.15, 0.2) is 66.7 Å². The predicted molar refractivity (Wildman–Crippen MR) is 146 cm³/mol. The molecule has 1 saturated heterocycles. The number of unbranched alkanes of at least 4 members (excludes halogenated alkanes) is 2. The minimum atomic E-state index is -0.856. The van der Waals surface area contributed by atoms with E-state index in [4.69, 9.17) is 4.74 Å². The molecule has 0 aliphatic carbocycles. The van der Waals surface area contributed by atoms with Crippen LogP contribution in [0.2, 0.25) is 0 Å². The van der Waals surface area contributed by atoms with Gasteiger partial charge in [-0.3, -0.25) is 0 Å². The van der Waals surface area contributed by atoms with Gasteiger partial charge < -0.3 is 4.74 Å². The molecular weight excluding hydrogens is 469 g/mol. The van der Waals surface area contributed by atoms with Crippen molar-refractivity contribution in [3.63, 3.8) is 0 Å². The van der Waals surface area contributed by atoms with E-state index >= 15 is 4.39 Å². The highest BCUT2D eigenvalue weighted by atomic mass is 19.2. The van der Waals surface area contributed by atoms with Gasteiger partial charge in [-0.15, -0.1) is 0 Å². The highest BCUT2D eigenvalue weighted by molar-refractivity contribution is 5.71. The Hall–Kier alpha value is -2.85. The van der Waals surface area contributed by atoms with Crippen molar-refractivity contribution >= 4 is 0 Å². The fourth-order valence-corrected chi connectivity index (χ4v) is 5.12. The minimum Gasteiger partial charge on any atom is -0.373 e. The molecule has 1 heterocycles. The van der Waals surface area contributed by atoms with E-state index in [2.05, 4.69) is 6.92 Å². The van der Waals surface area contributed by atoms with Crippen molar-refractivity contribution in [3.05, 3.63) is 95.3 Å². The molecule has 196 valence electrons. The number of hydrogen-bond donors (Lipinski definition) is 0. The lowest BCUT2D eigenvalue weighted by Crippen LogP contribution is -2.20. The van der Waals surface area contributed by atoms with Gasteiger partial charge in [-0.1, -0.05) is 93.8 Å². The molecule has 1 aliphatic heterocycles. The van der Waals surface area contributed by atoms with Crippen LogP contribution in [0.3, 0.4) is 0 Å². The molecule has 1 aliphatic rings. The van der Waals surface area contributed by atoms with Crippen LogP contribution in [-0.2, 0) is 11.2 Å². The van der Waals surface area contributed by atoms with Gasteiger partial charge in [-0.2, -0.15) is 0 Å². The second-order valence-corrected chi connectivity index (χ2v) is 10.1. The van der Waals surface area contributed by atoms with Gasteiger partial charge >= 0.3 is 0 Å². The fourth-order valence-electron chi connectivity index (χ4n) is 5.12. The molecule has 3 aromatic rings. The molecule has 1 nitrogen and oxygen atoms in total. The number of rotatable bonds is 10. The SMILES string of the molecule is CC/C=C\Cc1ccc(-c2ccc(-c3ccc(C4CCC(CCCCC)CO4)cc3F)cc2)c(F)c1F. The van der Waals surface area contributed by atoms with E-state index in [-0.39, 0.29) is 17.5 Å². The van der Waals surface area contributed by atoms with Gasteiger partial charge in [0, 0.05) is 11.1 Å². The van der Waals surface area contributed by atoms with Crippen molar-refractivity contribution in [2.75, 3.05) is 6.61 Å². The summed E-state index contributed by atoms with van der Waals surface area (Å²) in [6, 6.07) is 15.5. The smallest absolute Gasteiger partial charge is 0.166 e. The summed E-state index contributed by atoms with van der Waals surface area (Å²) >= 11 is 0. The van der Waals surface area contributed by atoms with E-state index < -0.39 is 11.6 Å². The third-order valence-electron chi connectivity index (χ3n) is 7.36. The number of benzene rings is 3. The zero-order valence-corrected chi connectivity index (χ0v) is 21.9. The molecule has 0 saturated carbocycles. The molecule has 2 unspecified atom stereocenters. The summed E-state index contributed by atoms with van der Waals surface area (Å²) in [7, 11) is 0. The summed E-state index contributed by atoms with van der Waals surface area (Å²) in [6.45, 7) is 4.95. The standard InChI is InChI=1S/C33H37F3O/c1-3-5-7-9-23-11-20-31(37-22-23)27-17-18-28(30(34)21-27)24-12-14-25(15-13-24)29-19-16-26(10-8-6-4-2)32(35)33(29)36/h6,8,12-19,21,23,31H,3-5,7,9-11,20,22H2,1-2H3/b8-6-. The Morgan fingerprint density at radius 1 is 0.811 bits per heavy atom. The second kappa shape index (κ2) is 13.1. The fraction of sp³-hybridized carbons (Fsp3) is 0.394. The monoisotopic (exact) mass is 506 g/mol. The summed E-state index contributed by atoms with van der Waals surface area (Å²) in [5.74, 6) is -1.37. The average Bonchev–Trinajstić information content (AvgIpc) is 2.92. The molecule has 4 heteroatoms. The Morgan fingerprint density at radius 3 is 2.19 bits per heavy atom. The zero-order valence-electron chi connectivity index (χ0n) is 21.9. The highest BCUT2D eigenvalue weighted by Crippen LogP contribution is 2.35. The third-order valence-corrected chi connectivity index (χ3v) is 7.36. The van der Waals surface area contributed by atoms with Crippen molar-refractivity contribution in [1.29, 1.82) is 0 Å². The van der Waals surface area contributed by atoms with Gasteiger partial charge in [-0.25, -0.2) is 13.2 Å². The van der Waals surface area contributed by atoms with Gasteiger partial charge in [0.25, 0.3) is 0 Å². The molecule has 0 aromatic heterocycles. The molecule has 0 N–H and O–H groups in total. The van der Waals surface area contributed by atoms with E-state index in [1.807, 2.05) is 25.1 Å². The molecule has 37 heavy (non-hydrogen) atoms. The van der Waals surface area contributed by atoms with E-state index in [9.17, 15) is 8.78 Å². The molecular formula is C33H37F3O. The Morgan fingerprint density at radius 2 is 1.54 bits per heavy atom. The summed E-state index contributed by atoms with van der Waals surface area (Å²) in [5, 5.41) is 0. The largest absolute Gasteiger partial charge is 0.373 e. The maximum absolute atomic E-state index is 15.1. The number of allylic oxidation sites excluding steroid dienone is 2. The molecule has 0 spiro atoms. The molecule has 1 fully saturated rings. The molecule has 2 atom stereocenters. The second-order valence-electron chi connectivity index (χ2n) is 10.1. The Balaban J connectivity index is 1.44. The maximum atomic E-state index is 15.1. The minimum absolute atomic E-state index is 0.0633. The van der Waals surface area contributed by atoms with Crippen LogP contribution in [0.5, 0.6) is 0 Å². The van der Waals surface area contributed by atoms with Crippen molar-refractivity contribution in [2.45, 2.75) is 71.3 Å². The lowest BCUT2D eigenvalue weighted by atomic mass is 9.90. The predicted octanol–water partition coefficient (Wildman–Crippen LogP) is 9.99. The number of halogens is 3. The van der Waals surface area contributed by atoms with Crippen LogP contribution < -0.4 is 0 Å². The van der Waals surface area contributed by atoms with E-state index in [1.165, 1.54) is 25.7 Å². The van der Waals surface area contributed by atoms with Crippen LogP contribution in [-0.4, -0.2) is 6.61 Å². The Kier molecular flexibility index (Phi) is 9.62. The average molecular weight is 507 g/mol. The molecule has 4 rings (SSSR count). The van der Waals surface area contributed by atoms with Crippen LogP contribution in [0, 0.1) is 23.4 Å². The lowest BCUT2D eigenvalue weighted by Gasteiger charge is -2.29. The van der Waals surface area contributed by atoms with E-state index in [0.717, 1.165) is 31.4 Å². The van der Waals surface area contributed by atoms with Gasteiger partial charge in [0.05, 0.1) is 12.7 Å². The normalized spacial score (nSPS) is 18.0. The van der Waals surface area contributed by atoms with Gasteiger partial charge in [0.1, 0.15) is 5.82 Å². The summed E-state index contributed by atoms with van der Waals surface area (Å²) in [4.78, 5) is 0. The lowest BCUT2D eigenvalue weighted by molar-refractivity contribution is -0.0200. The summed E-state index contributed by atoms with van der Waals surface area (Å²) < 4.78 is 50.6. The Labute approximate surface area is 219 Å². The van der Waals surface area contributed by atoms with Crippen LogP contribution in [0.4, 0.5) is 13.2 Å². The molecule has 0 radical (unpaired) electrons. The first-order valence-corrected chi connectivity index (χ1v) is 13.7. The zero-order chi connectivity index (χ0) is 26.2.